The number of nitrogens with one attached hydrogen (secondary N) is 3. The van der Waals surface area contributed by atoms with Gasteiger partial charge in [0, 0.05) is 30.6 Å². The molecule has 3 fully saturated rings. The quantitative estimate of drug-likeness (QED) is 0.0243. The number of carboxylic acids is 10. The minimum absolute atomic E-state index is 0. The molecule has 0 unspecified atom stereocenters. The van der Waals surface area contributed by atoms with Crippen LogP contribution in [0.15, 0.2) is 48.6 Å². The number of esters is 4. The number of ether oxygens (including phenoxy) is 5. The number of carboxylic acid groups (broad SMARTS) is 10. The minimum Gasteiger partial charge on any atom is -0.675 e. The van der Waals surface area contributed by atoms with Crippen molar-refractivity contribution >= 4 is 95.5 Å². The van der Waals surface area contributed by atoms with Gasteiger partial charge in [-0.3, -0.25) is 14.4 Å². The third kappa shape index (κ3) is 111. The van der Waals surface area contributed by atoms with Crippen LogP contribution in [0, 0.1) is 38.5 Å². The SMILES string of the molecule is C.C.C=C(C)C(=O)COC(=O)OC(=O)COC(=O)C(=C)C.C=C(C)C(=O)OCC(=O)O.C=C(C)C(=O)OCC(=O)O.CC(=O)O.CC(=O)O.O.O=C(O)C(=O)O.O=C(O)C(=O)O.O=C(O)C(=O)O.[CH2-]C1CCC([NH-])CC1.[CH2-]C1CCC([NH-])CC1.[CH2-]C1CCC([NH-])CC1.[Pt+2].[Pt+2].[Pt+2]. The number of hydrogen-bond acceptors (Lipinski definition) is 21. The van der Waals surface area contributed by atoms with Crippen LogP contribution in [0.3, 0.4) is 0 Å². The van der Waals surface area contributed by atoms with E-state index in [1.165, 1.54) is 66.2 Å². The second kappa shape index (κ2) is 75.6. The summed E-state index contributed by atoms with van der Waals surface area (Å²) in [6.07, 6.45) is 12.2. The van der Waals surface area contributed by atoms with Crippen molar-refractivity contribution in [1.82, 2.24) is 0 Å². The molecule has 3 aliphatic carbocycles. The molecule has 0 amide bonds. The molecular formula is C57H93N3O32Pt3. The topological polar surface area (TPSA) is 624 Å². The average molecular weight is 1920 g/mol. The third-order valence-corrected chi connectivity index (χ3v) is 9.10. The van der Waals surface area contributed by atoms with E-state index in [1.807, 2.05) is 0 Å². The van der Waals surface area contributed by atoms with E-state index in [1.54, 1.807) is 0 Å². The molecule has 95 heavy (non-hydrogen) atoms. The smallest absolute Gasteiger partial charge is 0.675 e. The first-order chi connectivity index (χ1) is 40.6. The molecule has 15 N–H and O–H groups in total. The van der Waals surface area contributed by atoms with E-state index in [0.29, 0.717) is 17.8 Å². The van der Waals surface area contributed by atoms with Crippen LogP contribution in [0.5, 0.6) is 0 Å². The van der Waals surface area contributed by atoms with Crippen LogP contribution in [0.1, 0.15) is 133 Å². The molecule has 558 valence electrons. The molecule has 0 atom stereocenters. The molecule has 0 aromatic carbocycles. The molecule has 0 aromatic rings. The Morgan fingerprint density at radius 1 is 0.358 bits per heavy atom. The predicted octanol–water partition coefficient (Wildman–Crippen LogP) is 6.69. The van der Waals surface area contributed by atoms with E-state index in [4.69, 9.17) is 107 Å². The molecule has 3 aliphatic rings. The standard InChI is InChI=1S/C12H14O7.3C7H13N.2C6H8O4.3C2H2O4.2C2H4O2.2CH4.H2O.3Pt/c1-7(2)9(13)5-18-12(16)19-10(14)6-17-11(15)8(3)4;3*1-6-2-4-7(8)5-3-6;2*1-4(2)6(9)10-3-5(7)8;3*3-1(4)2(5)6;2*1-2(3)4;;;;;;/h1,3,5-6H2,2,4H3;3*6-8H,1-5H2;2*1,3H2,2H3,(H,7,8);3*(H,3,4)(H,5,6);2*1H3,(H,3,4);2*1H4;1H2;;;/q;3*-2;;;;;;;;;;;3*+2. The Bertz CT molecular complexity index is 2070. The van der Waals surface area contributed by atoms with Crippen molar-refractivity contribution in [2.45, 2.75) is 152 Å². The van der Waals surface area contributed by atoms with Crippen molar-refractivity contribution < 1.29 is 220 Å². The van der Waals surface area contributed by atoms with Crippen LogP contribution < -0.4 is 0 Å². The fourth-order valence-corrected chi connectivity index (χ4v) is 4.64. The van der Waals surface area contributed by atoms with Crippen molar-refractivity contribution in [2.24, 2.45) is 17.8 Å². The van der Waals surface area contributed by atoms with Crippen LogP contribution in [0.4, 0.5) is 4.79 Å². The van der Waals surface area contributed by atoms with Crippen LogP contribution in [0.25, 0.3) is 17.2 Å². The van der Waals surface area contributed by atoms with Gasteiger partial charge in [0.2, 0.25) is 0 Å². The molecule has 0 aromatic heterocycles. The summed E-state index contributed by atoms with van der Waals surface area (Å²) in [5, 5.41) is 75.3. The van der Waals surface area contributed by atoms with Gasteiger partial charge in [-0.25, -0.2) is 62.3 Å². The predicted molar refractivity (Wildman–Crippen MR) is 326 cm³/mol. The number of ketones is 1. The van der Waals surface area contributed by atoms with E-state index >= 15 is 0 Å². The number of hydrogen-bond donors (Lipinski definition) is 10. The molecule has 0 saturated heterocycles. The molecule has 35 nitrogen and oxygen atoms in total. The van der Waals surface area contributed by atoms with E-state index < -0.39 is 122 Å². The number of carbonyl (C=O) groups excluding carboxylic acids is 6. The van der Waals surface area contributed by atoms with Crippen LogP contribution in [-0.2, 0) is 159 Å². The molecular weight excluding hydrogens is 1820 g/mol. The molecule has 0 radical (unpaired) electrons. The third-order valence-electron chi connectivity index (χ3n) is 9.10. The molecule has 38 heteroatoms. The summed E-state index contributed by atoms with van der Waals surface area (Å²) in [5.41, 5.74) is 22.7. The van der Waals surface area contributed by atoms with Gasteiger partial charge in [0.05, 0.1) is 0 Å². The minimum atomic E-state index is -1.82. The van der Waals surface area contributed by atoms with Crippen molar-refractivity contribution in [3.05, 3.63) is 86.6 Å². The first kappa shape index (κ1) is 121. The van der Waals surface area contributed by atoms with Gasteiger partial charge in [0.25, 0.3) is 11.9 Å². The van der Waals surface area contributed by atoms with Crippen molar-refractivity contribution in [3.63, 3.8) is 0 Å². The van der Waals surface area contributed by atoms with Gasteiger partial charge in [-0.15, -0.1) is 18.1 Å². The van der Waals surface area contributed by atoms with E-state index in [2.05, 4.69) is 70.8 Å². The molecule has 0 heterocycles. The molecule has 0 bridgehead atoms. The summed E-state index contributed by atoms with van der Waals surface area (Å²) in [5.74, 6) is -16.8. The zero-order chi connectivity index (χ0) is 71.9. The van der Waals surface area contributed by atoms with E-state index in [-0.39, 0.29) is 124 Å². The first-order valence-corrected chi connectivity index (χ1v) is 25.4. The van der Waals surface area contributed by atoms with Crippen molar-refractivity contribution in [2.75, 3.05) is 26.4 Å². The Morgan fingerprint density at radius 3 is 0.695 bits per heavy atom. The monoisotopic (exact) mass is 1920 g/mol. The number of rotatable bonds is 12. The number of Topliss-reactive ketones (excluding diaryl/α,β-unsaturated/α-hetero) is 1. The molecule has 3 saturated carbocycles. The molecule has 0 aliphatic heterocycles. The summed E-state index contributed by atoms with van der Waals surface area (Å²) in [6.45, 7) is 30.4. The second-order valence-electron chi connectivity index (χ2n) is 18.1. The zero-order valence-electron chi connectivity index (χ0n) is 51.7. The van der Waals surface area contributed by atoms with Crippen molar-refractivity contribution in [1.29, 1.82) is 0 Å². The Kier molecular flexibility index (Phi) is 96.5. The first-order valence-electron chi connectivity index (χ1n) is 25.4. The maximum atomic E-state index is 11.0. The fourth-order valence-electron chi connectivity index (χ4n) is 4.64. The van der Waals surface area contributed by atoms with E-state index in [9.17, 15) is 38.4 Å². The second-order valence-corrected chi connectivity index (χ2v) is 18.1. The Balaban J connectivity index is -0.0000000647. The summed E-state index contributed by atoms with van der Waals surface area (Å²) in [7, 11) is 0. The summed E-state index contributed by atoms with van der Waals surface area (Å²) in [6, 6.07) is 0.689. The molecule has 0 spiro atoms. The van der Waals surface area contributed by atoms with Gasteiger partial charge < -0.3 is 118 Å². The fraction of sp³-hybridized carbons (Fsp3) is 0.526. The average Bonchev–Trinajstić information content (AvgIpc) is 2.31. The summed E-state index contributed by atoms with van der Waals surface area (Å²) >= 11 is 0. The Hall–Kier alpha value is -7.42. The number of carbonyl (C=O) groups is 16. The molecule has 3 rings (SSSR count). The van der Waals surface area contributed by atoms with Gasteiger partial charge >= 0.3 is 141 Å². The number of aliphatic carboxylic acids is 10. The zero-order valence-corrected chi connectivity index (χ0v) is 58.5. The largest absolute Gasteiger partial charge is 2.00 e. The van der Waals surface area contributed by atoms with Crippen LogP contribution in [0.2, 0.25) is 0 Å². The van der Waals surface area contributed by atoms with Gasteiger partial charge in [0.15, 0.2) is 32.2 Å². The van der Waals surface area contributed by atoms with Crippen LogP contribution >= 0.6 is 0 Å². The van der Waals surface area contributed by atoms with Gasteiger partial charge in [0.1, 0.15) is 0 Å². The maximum absolute atomic E-state index is 11.0. The van der Waals surface area contributed by atoms with Gasteiger partial charge in [-0.05, 0) is 33.3 Å². The Morgan fingerprint density at radius 2 is 0.547 bits per heavy atom. The van der Waals surface area contributed by atoms with Gasteiger partial charge in [-0.1, -0.05) is 118 Å². The summed E-state index contributed by atoms with van der Waals surface area (Å²) < 4.78 is 21.3. The Labute approximate surface area is 594 Å². The van der Waals surface area contributed by atoms with E-state index in [0.717, 1.165) is 52.4 Å². The maximum Gasteiger partial charge on any atom is 2.00 e. The normalized spacial score (nSPS) is 15.6. The summed E-state index contributed by atoms with van der Waals surface area (Å²) in [4.78, 5) is 157. The van der Waals surface area contributed by atoms with Crippen molar-refractivity contribution in [3.8, 4) is 0 Å². The van der Waals surface area contributed by atoms with Gasteiger partial charge in [-0.2, -0.15) is 17.8 Å². The van der Waals surface area contributed by atoms with Crippen LogP contribution in [-0.4, -0.2) is 197 Å².